The van der Waals surface area contributed by atoms with E-state index in [1.807, 2.05) is 12.1 Å². The molecule has 3 nitrogen and oxygen atoms in total. The lowest BCUT2D eigenvalue weighted by Gasteiger charge is -1.93. The molecule has 3 N–H and O–H groups in total. The lowest BCUT2D eigenvalue weighted by Crippen LogP contribution is -1.83. The Morgan fingerprint density at radius 2 is 2.25 bits per heavy atom. The van der Waals surface area contributed by atoms with Crippen LogP contribution in [-0.2, 0) is 0 Å². The van der Waals surface area contributed by atoms with Gasteiger partial charge in [0.1, 0.15) is 0 Å². The molecule has 0 radical (unpaired) electrons. The number of para-hydroxylation sites is 1. The minimum Gasteiger partial charge on any atom is -0.397 e. The van der Waals surface area contributed by atoms with Crippen molar-refractivity contribution in [1.29, 1.82) is 0 Å². The second-order valence-corrected chi connectivity index (χ2v) is 2.63. The summed E-state index contributed by atoms with van der Waals surface area (Å²) >= 11 is 0. The van der Waals surface area contributed by atoms with Gasteiger partial charge in [-0.2, -0.15) is 0 Å². The Morgan fingerprint density at radius 3 is 3.00 bits per heavy atom. The summed E-state index contributed by atoms with van der Waals surface area (Å²) in [4.78, 5) is 13.5. The van der Waals surface area contributed by atoms with Gasteiger partial charge in [-0.05, 0) is 6.07 Å². The summed E-state index contributed by atoms with van der Waals surface area (Å²) < 4.78 is 0. The van der Waals surface area contributed by atoms with Crippen LogP contribution in [0.1, 0.15) is 10.4 Å². The number of H-pyrrole nitrogens is 1. The van der Waals surface area contributed by atoms with E-state index in [2.05, 4.69) is 4.98 Å². The first-order valence-electron chi connectivity index (χ1n) is 3.63. The number of anilines is 1. The van der Waals surface area contributed by atoms with Crippen LogP contribution in [-0.4, -0.2) is 11.3 Å². The number of aromatic amines is 1. The molecule has 0 saturated heterocycles. The van der Waals surface area contributed by atoms with E-state index in [-0.39, 0.29) is 0 Å². The number of benzene rings is 1. The quantitative estimate of drug-likeness (QED) is 0.622. The maximum absolute atomic E-state index is 10.6. The van der Waals surface area contributed by atoms with Crippen molar-refractivity contribution >= 4 is 22.9 Å². The predicted molar refractivity (Wildman–Crippen MR) is 48.1 cm³/mol. The predicted octanol–water partition coefficient (Wildman–Crippen LogP) is 1.56. The topological polar surface area (TPSA) is 58.9 Å². The van der Waals surface area contributed by atoms with Crippen LogP contribution >= 0.6 is 0 Å². The molecule has 0 aliphatic heterocycles. The lowest BCUT2D eigenvalue weighted by atomic mass is 10.1. The van der Waals surface area contributed by atoms with Crippen LogP contribution in [0.4, 0.5) is 5.69 Å². The molecule has 1 heterocycles. The molecule has 0 saturated carbocycles. The van der Waals surface area contributed by atoms with Crippen LogP contribution < -0.4 is 5.73 Å². The number of aromatic nitrogens is 1. The highest BCUT2D eigenvalue weighted by Gasteiger charge is 2.02. The molecule has 0 unspecified atom stereocenters. The van der Waals surface area contributed by atoms with E-state index >= 15 is 0 Å². The fourth-order valence-electron chi connectivity index (χ4n) is 1.30. The Bertz CT molecular complexity index is 431. The monoisotopic (exact) mass is 160 g/mol. The summed E-state index contributed by atoms with van der Waals surface area (Å²) in [5.41, 5.74) is 7.78. The summed E-state index contributed by atoms with van der Waals surface area (Å²) in [5, 5.41) is 0.902. The van der Waals surface area contributed by atoms with E-state index < -0.39 is 0 Å². The number of aldehydes is 1. The van der Waals surface area contributed by atoms with Crippen LogP contribution in [0.15, 0.2) is 24.4 Å². The van der Waals surface area contributed by atoms with Crippen molar-refractivity contribution in [3.8, 4) is 0 Å². The van der Waals surface area contributed by atoms with Crippen LogP contribution in [0.3, 0.4) is 0 Å². The second kappa shape index (κ2) is 2.37. The fraction of sp³-hybridized carbons (Fsp3) is 0. The molecule has 2 aromatic rings. The Kier molecular flexibility index (Phi) is 1.37. The zero-order valence-electron chi connectivity index (χ0n) is 6.37. The maximum Gasteiger partial charge on any atom is 0.152 e. The van der Waals surface area contributed by atoms with Crippen LogP contribution in [0.5, 0.6) is 0 Å². The molecular formula is C9H8N2O. The Hall–Kier alpha value is -1.77. The molecule has 1 aromatic carbocycles. The highest BCUT2D eigenvalue weighted by Crippen LogP contribution is 2.21. The van der Waals surface area contributed by atoms with Gasteiger partial charge in [0.15, 0.2) is 6.29 Å². The molecule has 0 aliphatic rings. The zero-order valence-corrected chi connectivity index (χ0v) is 6.37. The third-order valence-electron chi connectivity index (χ3n) is 1.91. The van der Waals surface area contributed by atoms with Gasteiger partial charge in [-0.1, -0.05) is 12.1 Å². The van der Waals surface area contributed by atoms with Crippen LogP contribution in [0.25, 0.3) is 10.9 Å². The first kappa shape index (κ1) is 6.91. The first-order chi connectivity index (χ1) is 5.83. The van der Waals surface area contributed by atoms with Gasteiger partial charge in [-0.3, -0.25) is 4.79 Å². The summed E-state index contributed by atoms with van der Waals surface area (Å²) in [5.74, 6) is 0. The van der Waals surface area contributed by atoms with Crippen LogP contribution in [0.2, 0.25) is 0 Å². The second-order valence-electron chi connectivity index (χ2n) is 2.63. The number of carbonyl (C=O) groups excluding carboxylic acids is 1. The van der Waals surface area contributed by atoms with Gasteiger partial charge < -0.3 is 10.7 Å². The molecule has 0 atom stereocenters. The van der Waals surface area contributed by atoms with Gasteiger partial charge in [-0.15, -0.1) is 0 Å². The van der Waals surface area contributed by atoms with E-state index in [9.17, 15) is 4.79 Å². The van der Waals surface area contributed by atoms with E-state index in [1.54, 1.807) is 12.3 Å². The normalized spacial score (nSPS) is 10.3. The molecule has 1 aromatic heterocycles. The average molecular weight is 160 g/mol. The molecule has 0 spiro atoms. The SMILES string of the molecule is Nc1c[nH]c2c(C=O)cccc12. The summed E-state index contributed by atoms with van der Waals surface area (Å²) in [6, 6.07) is 5.45. The van der Waals surface area contributed by atoms with Gasteiger partial charge in [0, 0.05) is 17.1 Å². The fourth-order valence-corrected chi connectivity index (χ4v) is 1.30. The van der Waals surface area contributed by atoms with Gasteiger partial charge >= 0.3 is 0 Å². The van der Waals surface area contributed by atoms with Crippen molar-refractivity contribution in [1.82, 2.24) is 4.98 Å². The van der Waals surface area contributed by atoms with Crippen molar-refractivity contribution < 1.29 is 4.79 Å². The summed E-state index contributed by atoms with van der Waals surface area (Å²) in [6.07, 6.45) is 2.51. The zero-order chi connectivity index (χ0) is 8.55. The van der Waals surface area contributed by atoms with Crippen molar-refractivity contribution in [2.75, 3.05) is 5.73 Å². The Morgan fingerprint density at radius 1 is 1.42 bits per heavy atom. The van der Waals surface area contributed by atoms with Crippen molar-refractivity contribution in [2.45, 2.75) is 0 Å². The molecular weight excluding hydrogens is 152 g/mol. The molecule has 0 amide bonds. The Balaban J connectivity index is 2.89. The molecule has 0 fully saturated rings. The van der Waals surface area contributed by atoms with Crippen molar-refractivity contribution in [3.05, 3.63) is 30.0 Å². The minimum absolute atomic E-state index is 0.643. The number of carbonyl (C=O) groups is 1. The van der Waals surface area contributed by atoms with E-state index in [0.717, 1.165) is 17.2 Å². The van der Waals surface area contributed by atoms with Crippen LogP contribution in [0, 0.1) is 0 Å². The van der Waals surface area contributed by atoms with E-state index in [0.29, 0.717) is 11.3 Å². The highest BCUT2D eigenvalue weighted by atomic mass is 16.1. The van der Waals surface area contributed by atoms with Gasteiger partial charge in [0.2, 0.25) is 0 Å². The number of fused-ring (bicyclic) bond motifs is 1. The molecule has 60 valence electrons. The van der Waals surface area contributed by atoms with Gasteiger partial charge in [-0.25, -0.2) is 0 Å². The standard InChI is InChI=1S/C9H8N2O/c10-8-4-11-9-6(5-12)2-1-3-7(8)9/h1-5,11H,10H2. The lowest BCUT2D eigenvalue weighted by molar-refractivity contribution is 0.112. The summed E-state index contributed by atoms with van der Waals surface area (Å²) in [6.45, 7) is 0. The number of hydrogen-bond acceptors (Lipinski definition) is 2. The third-order valence-corrected chi connectivity index (χ3v) is 1.91. The van der Waals surface area contributed by atoms with Gasteiger partial charge in [0.25, 0.3) is 0 Å². The van der Waals surface area contributed by atoms with Gasteiger partial charge in [0.05, 0.1) is 11.2 Å². The largest absolute Gasteiger partial charge is 0.397 e. The van der Waals surface area contributed by atoms with Crippen molar-refractivity contribution in [3.63, 3.8) is 0 Å². The minimum atomic E-state index is 0.643. The molecule has 0 aliphatic carbocycles. The average Bonchev–Trinajstić information content (AvgIpc) is 2.48. The Labute approximate surface area is 69.2 Å². The summed E-state index contributed by atoms with van der Waals surface area (Å²) in [7, 11) is 0. The smallest absolute Gasteiger partial charge is 0.152 e. The number of nitrogens with one attached hydrogen (secondary N) is 1. The molecule has 3 heteroatoms. The number of nitrogens with two attached hydrogens (primary N) is 1. The number of rotatable bonds is 1. The van der Waals surface area contributed by atoms with E-state index in [1.165, 1.54) is 0 Å². The number of hydrogen-bond donors (Lipinski definition) is 2. The molecule has 2 rings (SSSR count). The molecule has 0 bridgehead atoms. The first-order valence-corrected chi connectivity index (χ1v) is 3.63. The number of nitrogen functional groups attached to an aromatic ring is 1. The maximum atomic E-state index is 10.6. The van der Waals surface area contributed by atoms with Crippen molar-refractivity contribution in [2.24, 2.45) is 0 Å². The third kappa shape index (κ3) is 0.797. The van der Waals surface area contributed by atoms with E-state index in [4.69, 9.17) is 5.73 Å². The highest BCUT2D eigenvalue weighted by molar-refractivity contribution is 6.01. The molecule has 12 heavy (non-hydrogen) atoms.